The first-order valence-corrected chi connectivity index (χ1v) is 10.8. The average Bonchev–Trinajstić information content (AvgIpc) is 2.98. The predicted molar refractivity (Wildman–Crippen MR) is 101 cm³/mol. The van der Waals surface area contributed by atoms with E-state index in [1.54, 1.807) is 29.5 Å². The van der Waals surface area contributed by atoms with Crippen LogP contribution in [0, 0.1) is 6.92 Å². The second-order valence-corrected chi connectivity index (χ2v) is 8.90. The van der Waals surface area contributed by atoms with Crippen molar-refractivity contribution in [3.8, 4) is 0 Å². The van der Waals surface area contributed by atoms with Gasteiger partial charge in [0.15, 0.2) is 9.84 Å². The molecule has 0 fully saturated rings. The molecule has 8 heteroatoms. The van der Waals surface area contributed by atoms with Crippen molar-refractivity contribution in [1.82, 2.24) is 15.0 Å². The molecule has 132 valence electrons. The monoisotopic (exact) mass is 376 g/mol. The van der Waals surface area contributed by atoms with Crippen molar-refractivity contribution in [3.05, 3.63) is 40.6 Å². The van der Waals surface area contributed by atoms with Gasteiger partial charge in [-0.05, 0) is 44.4 Å². The number of aryl methyl sites for hydroxylation is 2. The maximum Gasteiger partial charge on any atom is 0.175 e. The van der Waals surface area contributed by atoms with Crippen molar-refractivity contribution in [3.63, 3.8) is 0 Å². The van der Waals surface area contributed by atoms with E-state index in [2.05, 4.69) is 25.6 Å². The number of fused-ring (bicyclic) bond motifs is 1. The van der Waals surface area contributed by atoms with Crippen LogP contribution in [0.4, 0.5) is 5.82 Å². The molecule has 2 heterocycles. The Balaban J connectivity index is 1.64. The van der Waals surface area contributed by atoms with Crippen molar-refractivity contribution in [2.45, 2.75) is 31.1 Å². The molecule has 0 saturated heterocycles. The minimum atomic E-state index is -3.26. The lowest BCUT2D eigenvalue weighted by Gasteiger charge is -2.09. The van der Waals surface area contributed by atoms with E-state index in [1.807, 2.05) is 6.92 Å². The minimum Gasteiger partial charge on any atom is -0.369 e. The van der Waals surface area contributed by atoms with E-state index < -0.39 is 9.84 Å². The van der Waals surface area contributed by atoms with Crippen molar-refractivity contribution >= 4 is 37.9 Å². The van der Waals surface area contributed by atoms with Gasteiger partial charge in [-0.25, -0.2) is 23.4 Å². The van der Waals surface area contributed by atoms with Gasteiger partial charge < -0.3 is 5.32 Å². The highest BCUT2D eigenvalue weighted by Crippen LogP contribution is 2.23. The summed E-state index contributed by atoms with van der Waals surface area (Å²) in [5.41, 5.74) is 1.80. The van der Waals surface area contributed by atoms with E-state index in [-0.39, 0.29) is 4.90 Å². The van der Waals surface area contributed by atoms with Crippen molar-refractivity contribution < 1.29 is 8.42 Å². The van der Waals surface area contributed by atoms with E-state index in [0.717, 1.165) is 42.4 Å². The van der Waals surface area contributed by atoms with E-state index >= 15 is 0 Å². The van der Waals surface area contributed by atoms with Crippen LogP contribution < -0.4 is 5.32 Å². The summed E-state index contributed by atoms with van der Waals surface area (Å²) < 4.78 is 23.5. The van der Waals surface area contributed by atoms with Gasteiger partial charge in [-0.15, -0.1) is 11.3 Å². The van der Waals surface area contributed by atoms with E-state index in [1.165, 1.54) is 17.6 Å². The van der Waals surface area contributed by atoms with Crippen LogP contribution in [0.25, 0.3) is 10.9 Å². The molecule has 25 heavy (non-hydrogen) atoms. The molecule has 0 bridgehead atoms. The number of hydrogen-bond donors (Lipinski definition) is 1. The summed E-state index contributed by atoms with van der Waals surface area (Å²) in [5.74, 6) is 0.667. The first kappa shape index (κ1) is 17.8. The van der Waals surface area contributed by atoms with Crippen LogP contribution >= 0.6 is 11.3 Å². The normalized spacial score (nSPS) is 11.8. The van der Waals surface area contributed by atoms with Gasteiger partial charge in [-0.1, -0.05) is 0 Å². The molecule has 0 saturated carbocycles. The lowest BCUT2D eigenvalue weighted by Crippen LogP contribution is -2.05. The molecule has 0 spiro atoms. The quantitative estimate of drug-likeness (QED) is 0.637. The second-order valence-electron chi connectivity index (χ2n) is 5.94. The van der Waals surface area contributed by atoms with Gasteiger partial charge in [0.2, 0.25) is 0 Å². The first-order valence-electron chi connectivity index (χ1n) is 8.03. The van der Waals surface area contributed by atoms with Crippen LogP contribution in [-0.4, -0.2) is 36.2 Å². The molecule has 0 radical (unpaired) electrons. The van der Waals surface area contributed by atoms with Crippen LogP contribution in [0.15, 0.2) is 34.8 Å². The highest BCUT2D eigenvalue weighted by atomic mass is 32.2. The van der Waals surface area contributed by atoms with Gasteiger partial charge >= 0.3 is 0 Å². The summed E-state index contributed by atoms with van der Waals surface area (Å²) in [5, 5.41) is 7.26. The smallest absolute Gasteiger partial charge is 0.175 e. The summed E-state index contributed by atoms with van der Waals surface area (Å²) in [7, 11) is -3.26. The van der Waals surface area contributed by atoms with Gasteiger partial charge in [-0.2, -0.15) is 0 Å². The Morgan fingerprint density at radius 3 is 2.76 bits per heavy atom. The molecular weight excluding hydrogens is 356 g/mol. The minimum absolute atomic E-state index is 0.275. The Kier molecular flexibility index (Phi) is 5.29. The molecule has 0 aliphatic heterocycles. The largest absolute Gasteiger partial charge is 0.369 e. The highest BCUT2D eigenvalue weighted by Gasteiger charge is 2.11. The van der Waals surface area contributed by atoms with Crippen molar-refractivity contribution in [1.29, 1.82) is 0 Å². The zero-order chi connectivity index (χ0) is 17.9. The van der Waals surface area contributed by atoms with Gasteiger partial charge in [0, 0.05) is 29.3 Å². The fraction of sp³-hybridized carbons (Fsp3) is 0.353. The number of unbranched alkanes of at least 4 members (excludes halogenated alkanes) is 1. The predicted octanol–water partition coefficient (Wildman–Crippen LogP) is 3.23. The van der Waals surface area contributed by atoms with Crippen molar-refractivity contribution in [2.24, 2.45) is 0 Å². The third kappa shape index (κ3) is 4.52. The van der Waals surface area contributed by atoms with Gasteiger partial charge in [0.25, 0.3) is 0 Å². The summed E-state index contributed by atoms with van der Waals surface area (Å²) in [6.45, 7) is 2.77. The van der Waals surface area contributed by atoms with E-state index in [0.29, 0.717) is 5.82 Å². The Morgan fingerprint density at radius 2 is 2.04 bits per heavy atom. The molecule has 3 rings (SSSR count). The van der Waals surface area contributed by atoms with Gasteiger partial charge in [0.05, 0.1) is 15.4 Å². The van der Waals surface area contributed by atoms with E-state index in [9.17, 15) is 8.42 Å². The lowest BCUT2D eigenvalue weighted by atomic mass is 10.2. The molecule has 6 nitrogen and oxygen atoms in total. The third-order valence-electron chi connectivity index (χ3n) is 3.81. The summed E-state index contributed by atoms with van der Waals surface area (Å²) in [6.07, 6.45) is 5.69. The number of thiazole rings is 1. The SMILES string of the molecule is Cc1csc(CCCCNc2ncnc3ccc(S(C)(=O)=O)cc23)n1. The maximum absolute atomic E-state index is 11.8. The molecular formula is C17H20N4O2S2. The zero-order valence-corrected chi connectivity index (χ0v) is 15.8. The van der Waals surface area contributed by atoms with Crippen LogP contribution in [0.2, 0.25) is 0 Å². The number of sulfone groups is 1. The summed E-state index contributed by atoms with van der Waals surface area (Å²) in [4.78, 5) is 13.2. The number of nitrogens with one attached hydrogen (secondary N) is 1. The number of anilines is 1. The van der Waals surface area contributed by atoms with Crippen LogP contribution in [0.1, 0.15) is 23.5 Å². The van der Waals surface area contributed by atoms with Crippen LogP contribution in [0.3, 0.4) is 0 Å². The van der Waals surface area contributed by atoms with Crippen LogP contribution in [0.5, 0.6) is 0 Å². The maximum atomic E-state index is 11.8. The summed E-state index contributed by atoms with van der Waals surface area (Å²) in [6, 6.07) is 4.92. The van der Waals surface area contributed by atoms with Gasteiger partial charge in [0.1, 0.15) is 12.1 Å². The van der Waals surface area contributed by atoms with E-state index in [4.69, 9.17) is 0 Å². The molecule has 1 aromatic carbocycles. The summed E-state index contributed by atoms with van der Waals surface area (Å²) >= 11 is 1.70. The molecule has 0 unspecified atom stereocenters. The number of nitrogens with zero attached hydrogens (tertiary/aromatic N) is 3. The van der Waals surface area contributed by atoms with Gasteiger partial charge in [-0.3, -0.25) is 0 Å². The average molecular weight is 377 g/mol. The Labute approximate surface area is 151 Å². The molecule has 0 atom stereocenters. The molecule has 3 aromatic rings. The molecule has 0 amide bonds. The Morgan fingerprint density at radius 1 is 1.20 bits per heavy atom. The Bertz CT molecular complexity index is 983. The van der Waals surface area contributed by atoms with Crippen LogP contribution in [-0.2, 0) is 16.3 Å². The number of benzene rings is 1. The fourth-order valence-corrected chi connectivity index (χ4v) is 4.00. The topological polar surface area (TPSA) is 84.8 Å². The number of rotatable bonds is 7. The third-order valence-corrected chi connectivity index (χ3v) is 5.95. The number of aromatic nitrogens is 3. The first-order chi connectivity index (χ1) is 11.9. The van der Waals surface area contributed by atoms with Crippen molar-refractivity contribution in [2.75, 3.05) is 18.1 Å². The molecule has 0 aliphatic carbocycles. The molecule has 1 N–H and O–H groups in total. The standard InChI is InChI=1S/C17H20N4O2S2/c1-12-10-24-16(21-12)5-3-4-8-18-17-14-9-13(25(2,22)23)6-7-15(14)19-11-20-17/h6-7,9-11H,3-5,8H2,1-2H3,(H,18,19,20). The number of hydrogen-bond acceptors (Lipinski definition) is 7. The molecule has 2 aromatic heterocycles. The Hall–Kier alpha value is -2.06. The highest BCUT2D eigenvalue weighted by molar-refractivity contribution is 7.90. The fourth-order valence-electron chi connectivity index (χ4n) is 2.53. The second kappa shape index (κ2) is 7.45. The zero-order valence-electron chi connectivity index (χ0n) is 14.2. The molecule has 0 aliphatic rings. The lowest BCUT2D eigenvalue weighted by molar-refractivity contribution is 0.602.